The molecule has 2 nitrogen and oxygen atoms in total. The summed E-state index contributed by atoms with van der Waals surface area (Å²) in [5, 5.41) is 0. The van der Waals surface area contributed by atoms with Crippen LogP contribution < -0.4 is 0 Å². The summed E-state index contributed by atoms with van der Waals surface area (Å²) in [6.07, 6.45) is 7.13. The maximum Gasteiger partial charge on any atom is 0.308 e. The second-order valence-electron chi connectivity index (χ2n) is 6.70. The first-order valence-electron chi connectivity index (χ1n) is 7.33. The average molecular weight is 236 g/mol. The van der Waals surface area contributed by atoms with Crippen molar-refractivity contribution in [3.8, 4) is 0 Å². The quantitative estimate of drug-likeness (QED) is 0.703. The van der Waals surface area contributed by atoms with Gasteiger partial charge in [-0.15, -0.1) is 0 Å². The Labute approximate surface area is 104 Å². The van der Waals surface area contributed by atoms with E-state index < -0.39 is 0 Å². The third-order valence-corrected chi connectivity index (χ3v) is 5.48. The van der Waals surface area contributed by atoms with Gasteiger partial charge in [-0.25, -0.2) is 0 Å². The van der Waals surface area contributed by atoms with Crippen LogP contribution in [0.5, 0.6) is 0 Å². The molecular formula is C15H24O2. The van der Waals surface area contributed by atoms with Crippen molar-refractivity contribution in [3.05, 3.63) is 0 Å². The minimum atomic E-state index is -0.0178. The van der Waals surface area contributed by atoms with Crippen molar-refractivity contribution in [2.24, 2.45) is 35.5 Å². The lowest BCUT2D eigenvalue weighted by Gasteiger charge is -2.31. The average Bonchev–Trinajstić information content (AvgIpc) is 2.96. The van der Waals surface area contributed by atoms with Crippen molar-refractivity contribution in [1.82, 2.24) is 0 Å². The summed E-state index contributed by atoms with van der Waals surface area (Å²) in [4.78, 5) is 11.5. The van der Waals surface area contributed by atoms with E-state index >= 15 is 0 Å². The van der Waals surface area contributed by atoms with Crippen LogP contribution in [-0.4, -0.2) is 12.6 Å². The smallest absolute Gasteiger partial charge is 0.308 e. The summed E-state index contributed by atoms with van der Waals surface area (Å²) in [6, 6.07) is 0. The maximum atomic E-state index is 11.5. The summed E-state index contributed by atoms with van der Waals surface area (Å²) < 4.78 is 5.45. The summed E-state index contributed by atoms with van der Waals surface area (Å²) in [6.45, 7) is 4.52. The number of rotatable bonds is 3. The standard InChI is InChI=1S/C15H24O2/c1-9(2)15(16)17-8-11-6-10-7-14(11)13-5-3-4-12(10)13/h9-14H,3-8H2,1-2H3/t10-,11-,12+,13+,14+/m0/s1. The Hall–Kier alpha value is -0.530. The van der Waals surface area contributed by atoms with Crippen LogP contribution in [0, 0.1) is 35.5 Å². The van der Waals surface area contributed by atoms with E-state index in [1.54, 1.807) is 0 Å². The molecule has 3 aliphatic rings. The molecule has 0 aromatic carbocycles. The van der Waals surface area contributed by atoms with Crippen LogP contribution in [0.2, 0.25) is 0 Å². The van der Waals surface area contributed by atoms with E-state index in [0.29, 0.717) is 12.5 Å². The monoisotopic (exact) mass is 236 g/mol. The van der Waals surface area contributed by atoms with Crippen molar-refractivity contribution >= 4 is 5.97 Å². The maximum absolute atomic E-state index is 11.5. The van der Waals surface area contributed by atoms with E-state index in [9.17, 15) is 4.79 Å². The zero-order chi connectivity index (χ0) is 12.0. The Kier molecular flexibility index (Phi) is 2.92. The molecule has 0 N–H and O–H groups in total. The molecule has 2 bridgehead atoms. The molecule has 0 saturated heterocycles. The third kappa shape index (κ3) is 1.90. The molecule has 3 saturated carbocycles. The summed E-state index contributed by atoms with van der Waals surface area (Å²) in [5.41, 5.74) is 0. The van der Waals surface area contributed by atoms with Gasteiger partial charge in [-0.3, -0.25) is 4.79 Å². The van der Waals surface area contributed by atoms with Gasteiger partial charge in [-0.05, 0) is 55.3 Å². The molecule has 0 radical (unpaired) electrons. The Morgan fingerprint density at radius 2 is 1.94 bits per heavy atom. The Morgan fingerprint density at radius 1 is 1.18 bits per heavy atom. The third-order valence-electron chi connectivity index (χ3n) is 5.48. The Bertz CT molecular complexity index is 310. The molecule has 0 aromatic rings. The highest BCUT2D eigenvalue weighted by Gasteiger charge is 2.53. The number of hydrogen-bond donors (Lipinski definition) is 0. The Balaban J connectivity index is 1.55. The molecule has 17 heavy (non-hydrogen) atoms. The predicted octanol–water partition coefficient (Wildman–Crippen LogP) is 3.26. The number of esters is 1. The van der Waals surface area contributed by atoms with Gasteiger partial charge < -0.3 is 4.74 Å². The SMILES string of the molecule is CC(C)C(=O)OC[C@@H]1C[C@H]2C[C@H]1[C@@H]1CCC[C@H]21. The number of ether oxygens (including phenoxy) is 1. The summed E-state index contributed by atoms with van der Waals surface area (Å²) >= 11 is 0. The molecule has 0 aromatic heterocycles. The summed E-state index contributed by atoms with van der Waals surface area (Å²) in [7, 11) is 0. The van der Waals surface area contributed by atoms with Gasteiger partial charge in [0.1, 0.15) is 0 Å². The van der Waals surface area contributed by atoms with Gasteiger partial charge in [-0.1, -0.05) is 20.3 Å². The van der Waals surface area contributed by atoms with Gasteiger partial charge >= 0.3 is 5.97 Å². The van der Waals surface area contributed by atoms with Crippen LogP contribution in [0.1, 0.15) is 46.0 Å². The summed E-state index contributed by atoms with van der Waals surface area (Å²) in [5.74, 6) is 4.56. The zero-order valence-corrected chi connectivity index (χ0v) is 11.0. The first-order valence-corrected chi connectivity index (χ1v) is 7.33. The molecule has 2 heteroatoms. The highest BCUT2D eigenvalue weighted by atomic mass is 16.5. The van der Waals surface area contributed by atoms with Crippen LogP contribution >= 0.6 is 0 Å². The van der Waals surface area contributed by atoms with Crippen LogP contribution in [0.25, 0.3) is 0 Å². The van der Waals surface area contributed by atoms with Gasteiger partial charge in [0.25, 0.3) is 0 Å². The second-order valence-corrected chi connectivity index (χ2v) is 6.70. The van der Waals surface area contributed by atoms with E-state index in [-0.39, 0.29) is 11.9 Å². The fraction of sp³-hybridized carbons (Fsp3) is 0.933. The van der Waals surface area contributed by atoms with E-state index in [1.165, 1.54) is 32.1 Å². The lowest BCUT2D eigenvalue weighted by atomic mass is 9.76. The molecule has 0 spiro atoms. The van der Waals surface area contributed by atoms with Crippen molar-refractivity contribution in [1.29, 1.82) is 0 Å². The Morgan fingerprint density at radius 3 is 2.71 bits per heavy atom. The highest BCUT2D eigenvalue weighted by molar-refractivity contribution is 5.71. The number of fused-ring (bicyclic) bond motifs is 5. The first-order chi connectivity index (χ1) is 8.16. The van der Waals surface area contributed by atoms with Gasteiger partial charge in [0.2, 0.25) is 0 Å². The van der Waals surface area contributed by atoms with Gasteiger partial charge in [0, 0.05) is 0 Å². The molecule has 0 heterocycles. The van der Waals surface area contributed by atoms with Crippen LogP contribution in [0.4, 0.5) is 0 Å². The number of hydrogen-bond acceptors (Lipinski definition) is 2. The largest absolute Gasteiger partial charge is 0.465 e. The van der Waals surface area contributed by atoms with E-state index in [1.807, 2.05) is 13.8 Å². The first kappa shape index (κ1) is 11.6. The minimum absolute atomic E-state index is 0.0178. The number of carbonyl (C=O) groups excluding carboxylic acids is 1. The van der Waals surface area contributed by atoms with Crippen LogP contribution in [-0.2, 0) is 9.53 Å². The van der Waals surface area contributed by atoms with Crippen LogP contribution in [0.3, 0.4) is 0 Å². The van der Waals surface area contributed by atoms with Gasteiger partial charge in [0.15, 0.2) is 0 Å². The topological polar surface area (TPSA) is 26.3 Å². The molecule has 0 unspecified atom stereocenters. The molecule has 5 atom stereocenters. The van der Waals surface area contributed by atoms with Gasteiger partial charge in [0.05, 0.1) is 12.5 Å². The fourth-order valence-electron chi connectivity index (χ4n) is 4.76. The molecule has 96 valence electrons. The number of carbonyl (C=O) groups is 1. The predicted molar refractivity (Wildman–Crippen MR) is 66.3 cm³/mol. The molecule has 0 amide bonds. The molecule has 3 fully saturated rings. The van der Waals surface area contributed by atoms with Crippen molar-refractivity contribution < 1.29 is 9.53 Å². The van der Waals surface area contributed by atoms with E-state index in [4.69, 9.17) is 4.74 Å². The highest BCUT2D eigenvalue weighted by Crippen LogP contribution is 2.60. The second kappa shape index (κ2) is 4.29. The molecule has 0 aliphatic heterocycles. The fourth-order valence-corrected chi connectivity index (χ4v) is 4.76. The van der Waals surface area contributed by atoms with Crippen molar-refractivity contribution in [3.63, 3.8) is 0 Å². The molecule has 3 rings (SSSR count). The molecule has 3 aliphatic carbocycles. The van der Waals surface area contributed by atoms with Crippen molar-refractivity contribution in [2.75, 3.05) is 6.61 Å². The lowest BCUT2D eigenvalue weighted by Crippen LogP contribution is -2.28. The van der Waals surface area contributed by atoms with E-state index in [2.05, 4.69) is 0 Å². The minimum Gasteiger partial charge on any atom is -0.465 e. The van der Waals surface area contributed by atoms with Crippen molar-refractivity contribution in [2.45, 2.75) is 46.0 Å². The lowest BCUT2D eigenvalue weighted by molar-refractivity contribution is -0.149. The normalized spacial score (nSPS) is 43.1. The van der Waals surface area contributed by atoms with Gasteiger partial charge in [-0.2, -0.15) is 0 Å². The van der Waals surface area contributed by atoms with E-state index in [0.717, 1.165) is 23.7 Å². The molecular weight excluding hydrogens is 212 g/mol. The zero-order valence-electron chi connectivity index (χ0n) is 11.0. The van der Waals surface area contributed by atoms with Crippen LogP contribution in [0.15, 0.2) is 0 Å².